The number of nitrogens with zero attached hydrogens (tertiary/aromatic N) is 3. The van der Waals surface area contributed by atoms with Gasteiger partial charge in [0.15, 0.2) is 0 Å². The van der Waals surface area contributed by atoms with Crippen LogP contribution in [0.4, 0.5) is 10.7 Å². The molecule has 1 aliphatic rings. The Balaban J connectivity index is 1.65. The molecule has 3 rings (SSSR count). The number of aromatic nitrogens is 3. The van der Waals surface area contributed by atoms with Crippen LogP contribution in [0.3, 0.4) is 0 Å². The fourth-order valence-electron chi connectivity index (χ4n) is 2.70. The quantitative estimate of drug-likeness (QED) is 0.886. The summed E-state index contributed by atoms with van der Waals surface area (Å²) < 4.78 is 12.4. The largest absolute Gasteiger partial charge is 0.379 e. The van der Waals surface area contributed by atoms with Crippen LogP contribution in [0.15, 0.2) is 30.3 Å². The number of hydrogen-bond acceptors (Lipinski definition) is 5. The zero-order chi connectivity index (χ0) is 16.9. The van der Waals surface area contributed by atoms with E-state index in [1.807, 2.05) is 37.3 Å². The lowest BCUT2D eigenvalue weighted by Crippen LogP contribution is -2.51. The Morgan fingerprint density at radius 3 is 2.92 bits per heavy atom. The van der Waals surface area contributed by atoms with Gasteiger partial charge in [0.2, 0.25) is 0 Å². The summed E-state index contributed by atoms with van der Waals surface area (Å²) in [7, 11) is 1.63. The van der Waals surface area contributed by atoms with Crippen molar-refractivity contribution in [3.05, 3.63) is 36.2 Å². The zero-order valence-electron chi connectivity index (χ0n) is 13.7. The van der Waals surface area contributed by atoms with Gasteiger partial charge in [-0.15, -0.1) is 5.10 Å². The first-order valence-electron chi connectivity index (χ1n) is 7.84. The van der Waals surface area contributed by atoms with Crippen molar-refractivity contribution in [1.82, 2.24) is 20.1 Å². The predicted octanol–water partition coefficient (Wildman–Crippen LogP) is 1.50. The van der Waals surface area contributed by atoms with Crippen molar-refractivity contribution in [2.45, 2.75) is 25.5 Å². The van der Waals surface area contributed by atoms with Crippen LogP contribution in [-0.4, -0.2) is 53.3 Å². The summed E-state index contributed by atoms with van der Waals surface area (Å²) in [6, 6.07) is 9.05. The van der Waals surface area contributed by atoms with Crippen molar-refractivity contribution in [1.29, 1.82) is 0 Å². The van der Waals surface area contributed by atoms with Crippen LogP contribution >= 0.6 is 0 Å². The maximum Gasteiger partial charge on any atom is 0.322 e. The number of hydrogen-bond donors (Lipinski definition) is 2. The second-order valence-electron chi connectivity index (χ2n) is 5.57. The predicted molar refractivity (Wildman–Crippen MR) is 88.3 cm³/mol. The number of anilines is 1. The number of aryl methyl sites for hydroxylation is 1. The molecule has 0 aliphatic carbocycles. The van der Waals surface area contributed by atoms with Gasteiger partial charge in [0.05, 0.1) is 24.4 Å². The average Bonchev–Trinajstić information content (AvgIpc) is 2.96. The Morgan fingerprint density at radius 1 is 1.38 bits per heavy atom. The van der Waals surface area contributed by atoms with Gasteiger partial charge in [-0.2, -0.15) is 4.98 Å². The van der Waals surface area contributed by atoms with E-state index in [-0.39, 0.29) is 24.1 Å². The van der Waals surface area contributed by atoms with Crippen molar-refractivity contribution in [2.75, 3.05) is 25.6 Å². The number of carbonyl (C=O) groups excluding carboxylic acids is 1. The van der Waals surface area contributed by atoms with E-state index < -0.39 is 0 Å². The number of amides is 2. The first kappa shape index (κ1) is 16.4. The van der Waals surface area contributed by atoms with Crippen molar-refractivity contribution in [3.63, 3.8) is 0 Å². The Morgan fingerprint density at radius 2 is 2.17 bits per heavy atom. The third-order valence-corrected chi connectivity index (χ3v) is 3.91. The summed E-state index contributed by atoms with van der Waals surface area (Å²) in [4.78, 5) is 16.5. The van der Waals surface area contributed by atoms with Gasteiger partial charge in [0.25, 0.3) is 5.95 Å². The van der Waals surface area contributed by atoms with Crippen LogP contribution in [0.2, 0.25) is 0 Å². The minimum absolute atomic E-state index is 0.0546. The zero-order valence-corrected chi connectivity index (χ0v) is 13.7. The Labute approximate surface area is 140 Å². The monoisotopic (exact) mass is 331 g/mol. The van der Waals surface area contributed by atoms with Crippen LogP contribution in [-0.2, 0) is 9.47 Å². The molecule has 0 unspecified atom stereocenters. The second-order valence-corrected chi connectivity index (χ2v) is 5.57. The van der Waals surface area contributed by atoms with E-state index in [0.29, 0.717) is 19.0 Å². The lowest BCUT2D eigenvalue weighted by atomic mass is 10.1. The van der Waals surface area contributed by atoms with Crippen LogP contribution in [0, 0.1) is 6.92 Å². The van der Waals surface area contributed by atoms with Gasteiger partial charge in [-0.1, -0.05) is 18.2 Å². The molecular weight excluding hydrogens is 310 g/mol. The number of urea groups is 1. The Hall–Kier alpha value is -2.45. The molecule has 0 spiro atoms. The van der Waals surface area contributed by atoms with E-state index in [1.165, 1.54) is 0 Å². The number of para-hydroxylation sites is 1. The Bertz CT molecular complexity index is 688. The van der Waals surface area contributed by atoms with Crippen molar-refractivity contribution in [2.24, 2.45) is 0 Å². The van der Waals surface area contributed by atoms with Crippen molar-refractivity contribution >= 4 is 12.0 Å². The fraction of sp³-hybridized carbons (Fsp3) is 0.438. The summed E-state index contributed by atoms with van der Waals surface area (Å²) >= 11 is 0. The summed E-state index contributed by atoms with van der Waals surface area (Å²) in [6.07, 6.45) is 0.697. The molecule has 2 N–H and O–H groups in total. The van der Waals surface area contributed by atoms with Crippen LogP contribution in [0.1, 0.15) is 12.2 Å². The third-order valence-electron chi connectivity index (χ3n) is 3.91. The summed E-state index contributed by atoms with van der Waals surface area (Å²) in [6.45, 7) is 2.90. The van der Waals surface area contributed by atoms with Gasteiger partial charge in [-0.3, -0.25) is 5.32 Å². The summed E-state index contributed by atoms with van der Waals surface area (Å²) in [5, 5.41) is 9.83. The number of benzene rings is 1. The maximum atomic E-state index is 12.2. The van der Waals surface area contributed by atoms with Gasteiger partial charge in [-0.25, -0.2) is 9.48 Å². The van der Waals surface area contributed by atoms with E-state index in [2.05, 4.69) is 20.7 Å². The molecule has 1 aromatic carbocycles. The smallest absolute Gasteiger partial charge is 0.322 e. The third kappa shape index (κ3) is 3.72. The average molecular weight is 331 g/mol. The molecule has 1 fully saturated rings. The van der Waals surface area contributed by atoms with Gasteiger partial charge >= 0.3 is 6.03 Å². The molecule has 8 heteroatoms. The van der Waals surface area contributed by atoms with Crippen LogP contribution in [0.5, 0.6) is 0 Å². The molecule has 24 heavy (non-hydrogen) atoms. The molecular formula is C16H21N5O3. The standard InChI is InChI=1S/C16H21N5O3/c1-11-17-15(20-21(11)12-6-4-3-5-7-12)19-16(22)18-13-10-24-9-8-14(13)23-2/h3-7,13-14H,8-10H2,1-2H3,(H2,18,19,20,22)/t13-,14-/m1/s1. The molecule has 2 atom stereocenters. The SMILES string of the molecule is CO[C@@H]1CCOC[C@H]1NC(=O)Nc1nc(C)n(-c2ccccc2)n1. The highest BCUT2D eigenvalue weighted by molar-refractivity contribution is 5.87. The number of methoxy groups -OCH3 is 1. The lowest BCUT2D eigenvalue weighted by molar-refractivity contribution is -0.0330. The van der Waals surface area contributed by atoms with Crippen LogP contribution < -0.4 is 10.6 Å². The minimum Gasteiger partial charge on any atom is -0.379 e. The number of nitrogens with one attached hydrogen (secondary N) is 2. The minimum atomic E-state index is -0.377. The fourth-order valence-corrected chi connectivity index (χ4v) is 2.70. The summed E-state index contributed by atoms with van der Waals surface area (Å²) in [5.41, 5.74) is 0.885. The lowest BCUT2D eigenvalue weighted by Gasteiger charge is -2.30. The molecule has 1 aromatic heterocycles. The molecule has 0 saturated carbocycles. The van der Waals surface area contributed by atoms with E-state index in [4.69, 9.17) is 9.47 Å². The van der Waals surface area contributed by atoms with Gasteiger partial charge in [-0.05, 0) is 25.5 Å². The number of carbonyl (C=O) groups is 1. The van der Waals surface area contributed by atoms with E-state index in [9.17, 15) is 4.79 Å². The normalized spacial score (nSPS) is 20.6. The van der Waals surface area contributed by atoms with Crippen LogP contribution in [0.25, 0.3) is 5.69 Å². The highest BCUT2D eigenvalue weighted by Gasteiger charge is 2.27. The molecule has 2 amide bonds. The highest BCUT2D eigenvalue weighted by atomic mass is 16.5. The topological polar surface area (TPSA) is 90.3 Å². The van der Waals surface area contributed by atoms with Gasteiger partial charge in [0, 0.05) is 13.7 Å². The first-order chi connectivity index (χ1) is 11.7. The summed E-state index contributed by atoms with van der Waals surface area (Å²) in [5.74, 6) is 0.937. The van der Waals surface area contributed by atoms with Gasteiger partial charge < -0.3 is 14.8 Å². The molecule has 128 valence electrons. The highest BCUT2D eigenvalue weighted by Crippen LogP contribution is 2.13. The van der Waals surface area contributed by atoms with Gasteiger partial charge in [0.1, 0.15) is 5.82 Å². The van der Waals surface area contributed by atoms with E-state index in [1.54, 1.807) is 11.8 Å². The van der Waals surface area contributed by atoms with E-state index >= 15 is 0 Å². The van der Waals surface area contributed by atoms with Crippen molar-refractivity contribution in [3.8, 4) is 5.69 Å². The molecule has 0 radical (unpaired) electrons. The van der Waals surface area contributed by atoms with Crippen molar-refractivity contribution < 1.29 is 14.3 Å². The molecule has 8 nitrogen and oxygen atoms in total. The first-order valence-corrected chi connectivity index (χ1v) is 7.84. The number of ether oxygens (including phenoxy) is 2. The number of rotatable bonds is 4. The van der Waals surface area contributed by atoms with E-state index in [0.717, 1.165) is 12.1 Å². The second kappa shape index (κ2) is 7.41. The maximum absolute atomic E-state index is 12.2. The Kier molecular flexibility index (Phi) is 5.07. The molecule has 2 heterocycles. The molecule has 0 bridgehead atoms. The molecule has 2 aromatic rings. The molecule has 1 saturated heterocycles. The molecule has 1 aliphatic heterocycles.